The average molecular weight is 394 g/mol. The van der Waals surface area contributed by atoms with Gasteiger partial charge in [0, 0.05) is 6.92 Å². The molecule has 2 atom stereocenters. The number of carbonyl (C=O) groups excluding carboxylic acids is 4. The summed E-state index contributed by atoms with van der Waals surface area (Å²) in [6.07, 6.45) is -1.55. The van der Waals surface area contributed by atoms with E-state index < -0.39 is 54.8 Å². The molecule has 0 aliphatic heterocycles. The van der Waals surface area contributed by atoms with Crippen LogP contribution in [0.4, 0.5) is 4.79 Å². The smallest absolute Gasteiger partial charge is 0.408 e. The van der Waals surface area contributed by atoms with Crippen LogP contribution in [0.2, 0.25) is 0 Å². The number of alkyl carbamates (subject to hydrolysis) is 1. The van der Waals surface area contributed by atoms with E-state index in [4.69, 9.17) is 9.84 Å². The van der Waals surface area contributed by atoms with Gasteiger partial charge in [0.25, 0.3) is 0 Å². The van der Waals surface area contributed by atoms with Crippen LogP contribution in [-0.2, 0) is 35.3 Å². The van der Waals surface area contributed by atoms with Crippen molar-refractivity contribution in [1.82, 2.24) is 10.6 Å². The highest BCUT2D eigenvalue weighted by molar-refractivity contribution is 5.95. The van der Waals surface area contributed by atoms with Crippen LogP contribution in [0.3, 0.4) is 0 Å². The molecule has 28 heavy (non-hydrogen) atoms. The van der Waals surface area contributed by atoms with E-state index in [-0.39, 0.29) is 6.61 Å². The van der Waals surface area contributed by atoms with Crippen LogP contribution in [-0.4, -0.2) is 53.5 Å². The van der Waals surface area contributed by atoms with Gasteiger partial charge in [0.1, 0.15) is 18.7 Å². The first-order valence-corrected chi connectivity index (χ1v) is 8.34. The first kappa shape index (κ1) is 22.6. The molecule has 0 saturated carbocycles. The van der Waals surface area contributed by atoms with Gasteiger partial charge in [-0.05, 0) is 12.5 Å². The highest BCUT2D eigenvalue weighted by Crippen LogP contribution is 2.01. The minimum Gasteiger partial charge on any atom is -0.481 e. The van der Waals surface area contributed by atoms with Gasteiger partial charge in [-0.2, -0.15) is 0 Å². The normalized spacial score (nSPS) is 12.2. The third-order valence-electron chi connectivity index (χ3n) is 3.44. The molecule has 0 bridgehead atoms. The lowest BCUT2D eigenvalue weighted by Crippen LogP contribution is -2.51. The minimum absolute atomic E-state index is 0.00349. The van der Waals surface area contributed by atoms with Gasteiger partial charge >= 0.3 is 18.0 Å². The highest BCUT2D eigenvalue weighted by atomic mass is 16.5. The van der Waals surface area contributed by atoms with Crippen molar-refractivity contribution in [2.75, 3.05) is 6.61 Å². The summed E-state index contributed by atoms with van der Waals surface area (Å²) in [7, 11) is 0. The maximum absolute atomic E-state index is 12.2. The highest BCUT2D eigenvalue weighted by Gasteiger charge is 2.27. The molecular weight excluding hydrogens is 372 g/mol. The number of Topliss-reactive ketones (excluding diaryl/α,β-unsaturated/α-hetero) is 1. The van der Waals surface area contributed by atoms with Crippen LogP contribution in [0.5, 0.6) is 0 Å². The van der Waals surface area contributed by atoms with Crippen LogP contribution >= 0.6 is 0 Å². The monoisotopic (exact) mass is 394 g/mol. The van der Waals surface area contributed by atoms with Gasteiger partial charge in [0.15, 0.2) is 12.4 Å². The number of amides is 2. The summed E-state index contributed by atoms with van der Waals surface area (Å²) in [5.41, 5.74) is 0.757. The number of carboxylic acid groups (broad SMARTS) is 1. The molecule has 0 fully saturated rings. The third kappa shape index (κ3) is 8.79. The number of benzene rings is 1. The van der Waals surface area contributed by atoms with Gasteiger partial charge in [-0.25, -0.2) is 4.79 Å². The maximum atomic E-state index is 12.2. The second kappa shape index (κ2) is 11.3. The van der Waals surface area contributed by atoms with Gasteiger partial charge in [-0.1, -0.05) is 30.3 Å². The van der Waals surface area contributed by atoms with Gasteiger partial charge in [0.2, 0.25) is 5.91 Å². The Morgan fingerprint density at radius 3 is 2.25 bits per heavy atom. The molecule has 10 nitrogen and oxygen atoms in total. The van der Waals surface area contributed by atoms with Gasteiger partial charge in [-0.15, -0.1) is 0 Å². The summed E-state index contributed by atoms with van der Waals surface area (Å²) in [6.45, 7) is 1.76. The van der Waals surface area contributed by atoms with Crippen molar-refractivity contribution in [3.05, 3.63) is 35.9 Å². The Kier molecular flexibility index (Phi) is 9.14. The second-order valence-electron chi connectivity index (χ2n) is 5.83. The van der Waals surface area contributed by atoms with Crippen LogP contribution in [0, 0.1) is 0 Å². The summed E-state index contributed by atoms with van der Waals surface area (Å²) in [5.74, 6) is -3.63. The molecule has 0 radical (unpaired) electrons. The molecule has 3 N–H and O–H groups in total. The zero-order chi connectivity index (χ0) is 21.1. The molecule has 1 aromatic rings. The topological polar surface area (TPSA) is 148 Å². The lowest BCUT2D eigenvalue weighted by atomic mass is 10.1. The minimum atomic E-state index is -1.41. The molecule has 2 unspecified atom stereocenters. The van der Waals surface area contributed by atoms with E-state index in [1.165, 1.54) is 6.92 Å². The van der Waals surface area contributed by atoms with Gasteiger partial charge < -0.3 is 25.2 Å². The Bertz CT molecular complexity index is 720. The molecule has 0 heterocycles. The first-order chi connectivity index (χ1) is 13.2. The van der Waals surface area contributed by atoms with Crippen molar-refractivity contribution < 1.29 is 38.6 Å². The lowest BCUT2D eigenvalue weighted by Gasteiger charge is -2.19. The number of carbonyl (C=O) groups is 5. The van der Waals surface area contributed by atoms with Crippen molar-refractivity contribution in [3.63, 3.8) is 0 Å². The van der Waals surface area contributed by atoms with E-state index in [0.717, 1.165) is 12.5 Å². The van der Waals surface area contributed by atoms with Crippen molar-refractivity contribution in [2.24, 2.45) is 0 Å². The van der Waals surface area contributed by atoms with Crippen molar-refractivity contribution in [2.45, 2.75) is 39.0 Å². The summed E-state index contributed by atoms with van der Waals surface area (Å²) >= 11 is 0. The number of ether oxygens (including phenoxy) is 2. The van der Waals surface area contributed by atoms with Crippen LogP contribution in [0.15, 0.2) is 30.3 Å². The predicted molar refractivity (Wildman–Crippen MR) is 95.0 cm³/mol. The Labute approximate surface area is 161 Å². The van der Waals surface area contributed by atoms with Crippen LogP contribution in [0.1, 0.15) is 25.8 Å². The van der Waals surface area contributed by atoms with E-state index in [1.807, 2.05) is 6.07 Å². The third-order valence-corrected chi connectivity index (χ3v) is 3.44. The number of carboxylic acids is 1. The Balaban J connectivity index is 2.55. The summed E-state index contributed by atoms with van der Waals surface area (Å²) in [5, 5.41) is 13.4. The van der Waals surface area contributed by atoms with Crippen LogP contribution in [0.25, 0.3) is 0 Å². The summed E-state index contributed by atoms with van der Waals surface area (Å²) in [4.78, 5) is 57.6. The number of rotatable bonds is 10. The van der Waals surface area contributed by atoms with E-state index in [1.54, 1.807) is 24.3 Å². The van der Waals surface area contributed by atoms with Crippen molar-refractivity contribution in [3.8, 4) is 0 Å². The fourth-order valence-electron chi connectivity index (χ4n) is 2.00. The lowest BCUT2D eigenvalue weighted by molar-refractivity contribution is -0.147. The molecule has 0 aliphatic rings. The average Bonchev–Trinajstić information content (AvgIpc) is 2.64. The number of hydrogen-bond acceptors (Lipinski definition) is 7. The van der Waals surface area contributed by atoms with Crippen molar-refractivity contribution >= 4 is 29.7 Å². The molecule has 0 aliphatic carbocycles. The Morgan fingerprint density at radius 2 is 1.68 bits per heavy atom. The predicted octanol–water partition coefficient (Wildman–Crippen LogP) is 0.393. The van der Waals surface area contributed by atoms with E-state index in [2.05, 4.69) is 15.4 Å². The molecule has 0 spiro atoms. The molecule has 1 aromatic carbocycles. The fourth-order valence-corrected chi connectivity index (χ4v) is 2.00. The standard InChI is InChI=1S/C18H22N2O8/c1-11(19-18(26)28-9-13-6-4-3-5-7-13)17(25)20-14(8-16(23)24)15(22)10-27-12(2)21/h3-7,11,14H,8-10H2,1-2H3,(H,19,26)(H,20,25)(H,23,24). The van der Waals surface area contributed by atoms with Crippen LogP contribution < -0.4 is 10.6 Å². The number of aliphatic carboxylic acids is 1. The molecule has 0 aromatic heterocycles. The zero-order valence-corrected chi connectivity index (χ0v) is 15.5. The molecule has 152 valence electrons. The Morgan fingerprint density at radius 1 is 1.04 bits per heavy atom. The number of hydrogen-bond donors (Lipinski definition) is 3. The molecule has 10 heteroatoms. The Hall–Kier alpha value is -3.43. The quantitative estimate of drug-likeness (QED) is 0.483. The largest absolute Gasteiger partial charge is 0.481 e. The van der Waals surface area contributed by atoms with E-state index >= 15 is 0 Å². The second-order valence-corrected chi connectivity index (χ2v) is 5.83. The number of nitrogens with one attached hydrogen (secondary N) is 2. The number of esters is 1. The molecule has 0 saturated heterocycles. The van der Waals surface area contributed by atoms with Crippen molar-refractivity contribution in [1.29, 1.82) is 0 Å². The maximum Gasteiger partial charge on any atom is 0.408 e. The molecule has 1 rings (SSSR count). The van der Waals surface area contributed by atoms with Gasteiger partial charge in [-0.3, -0.25) is 19.2 Å². The summed E-state index contributed by atoms with van der Waals surface area (Å²) in [6, 6.07) is 6.38. The fraction of sp³-hybridized carbons (Fsp3) is 0.389. The zero-order valence-electron chi connectivity index (χ0n) is 15.5. The first-order valence-electron chi connectivity index (χ1n) is 8.34. The van der Waals surface area contributed by atoms with Gasteiger partial charge in [0.05, 0.1) is 6.42 Å². The number of ketones is 1. The summed E-state index contributed by atoms with van der Waals surface area (Å²) < 4.78 is 9.51. The SMILES string of the molecule is CC(=O)OCC(=O)C(CC(=O)O)NC(=O)C(C)NC(=O)OCc1ccccc1. The van der Waals surface area contributed by atoms with E-state index in [0.29, 0.717) is 0 Å². The molecular formula is C18H22N2O8. The van der Waals surface area contributed by atoms with E-state index in [9.17, 15) is 24.0 Å². The molecule has 2 amide bonds.